The first kappa shape index (κ1) is 38.5. The van der Waals surface area contributed by atoms with Crippen LogP contribution in [0.3, 0.4) is 0 Å². The molecule has 0 N–H and O–H groups in total. The van der Waals surface area contributed by atoms with Gasteiger partial charge < -0.3 is 29.7 Å². The van der Waals surface area contributed by atoms with E-state index in [-0.39, 0.29) is 101 Å². The summed E-state index contributed by atoms with van der Waals surface area (Å²) in [7, 11) is -3.72. The average molecular weight is 476 g/mol. The summed E-state index contributed by atoms with van der Waals surface area (Å²) in [6.07, 6.45) is 1.44. The average Bonchev–Trinajstić information content (AvgIpc) is 2.56. The number of carbonyl (C=O) groups excluding carboxylic acids is 3. The summed E-state index contributed by atoms with van der Waals surface area (Å²) < 4.78 is 26.0. The fourth-order valence-corrected chi connectivity index (χ4v) is 4.05. The Morgan fingerprint density at radius 3 is 1.87 bits per heavy atom. The predicted molar refractivity (Wildman–Crippen MR) is 89.9 cm³/mol. The second-order valence-electron chi connectivity index (χ2n) is 6.13. The number of hydrogen-bond acceptors (Lipinski definition) is 9. The van der Waals surface area contributed by atoms with Crippen molar-refractivity contribution in [3.63, 3.8) is 0 Å². The van der Waals surface area contributed by atoms with Gasteiger partial charge in [0.05, 0.1) is 24.4 Å². The van der Waals surface area contributed by atoms with Gasteiger partial charge >= 0.3 is 88.7 Å². The van der Waals surface area contributed by atoms with Gasteiger partial charge in [-0.2, -0.15) is 4.31 Å². The van der Waals surface area contributed by atoms with Gasteiger partial charge in [-0.05, 0) is 12.8 Å². The third kappa shape index (κ3) is 16.8. The van der Waals surface area contributed by atoms with E-state index in [2.05, 4.69) is 0 Å². The quantitative estimate of drug-likeness (QED) is 0.120. The van der Waals surface area contributed by atoms with E-state index < -0.39 is 60.0 Å². The van der Waals surface area contributed by atoms with Gasteiger partial charge in [0.2, 0.25) is 10.0 Å². The second-order valence-corrected chi connectivity index (χ2v) is 8.22. The number of rotatable bonds is 16. The van der Waals surface area contributed by atoms with Gasteiger partial charge in [0.25, 0.3) is 0 Å². The van der Waals surface area contributed by atoms with Crippen LogP contribution in [0.15, 0.2) is 0 Å². The van der Waals surface area contributed by atoms with Crippen molar-refractivity contribution in [2.75, 3.05) is 25.5 Å². The van der Waals surface area contributed by atoms with E-state index in [0.717, 1.165) is 28.5 Å². The van der Waals surface area contributed by atoms with Crippen LogP contribution >= 0.6 is 0 Å². The minimum atomic E-state index is -3.72. The zero-order valence-electron chi connectivity index (χ0n) is 18.7. The Balaban J connectivity index is -0.00000113. The molecule has 1 atom stereocenters. The molecule has 0 aliphatic rings. The van der Waals surface area contributed by atoms with E-state index in [1.54, 1.807) is 6.92 Å². The Bertz CT molecular complexity index is 607. The molecule has 0 spiro atoms. The molecule has 0 aliphatic heterocycles. The molecule has 0 saturated heterocycles. The number of hydrogen-bond donors (Lipinski definition) is 0. The van der Waals surface area contributed by atoms with Crippen LogP contribution in [0.2, 0.25) is 0 Å². The number of carbonyl (C=O) groups is 3. The number of carboxylic acid groups (broad SMARTS) is 3. The van der Waals surface area contributed by atoms with Crippen LogP contribution in [0.5, 0.6) is 0 Å². The molecule has 0 aromatic carbocycles. The van der Waals surface area contributed by atoms with E-state index in [4.69, 9.17) is 0 Å². The molecule has 0 aromatic rings. The van der Waals surface area contributed by atoms with Crippen molar-refractivity contribution in [3.8, 4) is 0 Å². The summed E-state index contributed by atoms with van der Waals surface area (Å²) in [6.45, 7) is 2.68. The van der Waals surface area contributed by atoms with Crippen molar-refractivity contribution in [1.82, 2.24) is 9.21 Å². The summed E-state index contributed by atoms with van der Waals surface area (Å²) in [5, 5.41) is 32.8. The molecule has 158 valence electrons. The predicted octanol–water partition coefficient (Wildman–Crippen LogP) is -12.1. The molecular weight excluding hydrogens is 449 g/mol. The zero-order valence-corrected chi connectivity index (χ0v) is 25.5. The van der Waals surface area contributed by atoms with Gasteiger partial charge in [0.15, 0.2) is 0 Å². The number of carboxylic acids is 3. The van der Waals surface area contributed by atoms with E-state index in [1.807, 2.05) is 6.92 Å². The van der Waals surface area contributed by atoms with Crippen molar-refractivity contribution < 1.29 is 127 Å². The van der Waals surface area contributed by atoms with E-state index >= 15 is 0 Å². The Morgan fingerprint density at radius 1 is 0.900 bits per heavy atom. The van der Waals surface area contributed by atoms with Crippen LogP contribution in [0.4, 0.5) is 0 Å². The molecule has 0 aromatic heterocycles. The minimum Gasteiger partial charge on any atom is -0.550 e. The SMILES string of the molecule is CCCCCCS(=O)(=O)N(CC)CN(CCC(=O)[O-])C(CC(=O)[O-])C(=O)[O-].[Na+].[Na+].[Na+]. The Hall–Kier alpha value is 1.28. The van der Waals surface area contributed by atoms with Crippen LogP contribution in [-0.4, -0.2) is 67.1 Å². The maximum atomic E-state index is 12.5. The van der Waals surface area contributed by atoms with Gasteiger partial charge in [-0.15, -0.1) is 0 Å². The van der Waals surface area contributed by atoms with Crippen LogP contribution in [-0.2, 0) is 24.4 Å². The Morgan fingerprint density at radius 2 is 1.47 bits per heavy atom. The van der Waals surface area contributed by atoms with Crippen LogP contribution in [0.1, 0.15) is 52.4 Å². The minimum absolute atomic E-state index is 0. The fraction of sp³-hybridized carbons (Fsp3) is 0.812. The zero-order chi connectivity index (χ0) is 21.0. The van der Waals surface area contributed by atoms with Crippen molar-refractivity contribution in [3.05, 3.63) is 0 Å². The Kier molecular flexibility index (Phi) is 26.8. The molecule has 0 radical (unpaired) electrons. The maximum Gasteiger partial charge on any atom is 1.00 e. The molecule has 0 heterocycles. The first-order chi connectivity index (χ1) is 12.5. The van der Waals surface area contributed by atoms with Gasteiger partial charge in [0.1, 0.15) is 0 Å². The molecular formula is C16H27N2Na3O8S. The van der Waals surface area contributed by atoms with E-state index in [9.17, 15) is 38.1 Å². The standard InChI is InChI=1S/C16H30N2O8S.3Na/c1-3-5-6-7-10-27(25,26)18(4-2)12-17(9-8-14(19)20)13(16(23)24)11-15(21)22;;;/h13H,3-12H2,1-2H3,(H,19,20)(H,21,22)(H,23,24);;;/q;3*+1/p-3. The molecule has 14 heteroatoms. The van der Waals surface area contributed by atoms with Crippen molar-refractivity contribution in [2.45, 2.75) is 58.4 Å². The summed E-state index contributed by atoms with van der Waals surface area (Å²) >= 11 is 0. The largest absolute Gasteiger partial charge is 1.00 e. The Labute approximate surface area is 245 Å². The topological polar surface area (TPSA) is 161 Å². The van der Waals surface area contributed by atoms with E-state index in [0.29, 0.717) is 6.42 Å². The van der Waals surface area contributed by atoms with Gasteiger partial charge in [-0.3, -0.25) is 4.90 Å². The third-order valence-corrected chi connectivity index (χ3v) is 5.98. The summed E-state index contributed by atoms with van der Waals surface area (Å²) in [5.41, 5.74) is 0. The number of sulfonamides is 1. The summed E-state index contributed by atoms with van der Waals surface area (Å²) in [5.74, 6) is -5.04. The molecule has 0 amide bonds. The smallest absolute Gasteiger partial charge is 0.550 e. The van der Waals surface area contributed by atoms with Crippen molar-refractivity contribution in [2.24, 2.45) is 0 Å². The van der Waals surface area contributed by atoms with E-state index in [1.165, 1.54) is 0 Å². The molecule has 0 saturated carbocycles. The molecule has 1 unspecified atom stereocenters. The number of unbranched alkanes of at least 4 members (excludes halogenated alkanes) is 3. The van der Waals surface area contributed by atoms with Crippen LogP contribution < -0.4 is 104 Å². The third-order valence-electron chi connectivity index (χ3n) is 4.02. The van der Waals surface area contributed by atoms with Crippen molar-refractivity contribution >= 4 is 27.9 Å². The first-order valence-electron chi connectivity index (χ1n) is 8.87. The number of aliphatic carboxylic acids is 3. The molecule has 0 aliphatic carbocycles. The maximum absolute atomic E-state index is 12.5. The van der Waals surface area contributed by atoms with Gasteiger partial charge in [0, 0.05) is 31.4 Å². The monoisotopic (exact) mass is 476 g/mol. The van der Waals surface area contributed by atoms with Gasteiger partial charge in [-0.1, -0.05) is 33.1 Å². The molecule has 0 bridgehead atoms. The molecule has 10 nitrogen and oxygen atoms in total. The van der Waals surface area contributed by atoms with Crippen molar-refractivity contribution in [1.29, 1.82) is 0 Å². The summed E-state index contributed by atoms with van der Waals surface area (Å²) in [6, 6.07) is -1.72. The number of nitrogens with zero attached hydrogens (tertiary/aromatic N) is 2. The normalized spacial score (nSPS) is 11.7. The van der Waals surface area contributed by atoms with Gasteiger partial charge in [-0.25, -0.2) is 8.42 Å². The first-order valence-corrected chi connectivity index (χ1v) is 10.5. The second kappa shape index (κ2) is 20.9. The molecule has 0 rings (SSSR count). The molecule has 30 heavy (non-hydrogen) atoms. The fourth-order valence-electron chi connectivity index (χ4n) is 2.51. The van der Waals surface area contributed by atoms with Crippen LogP contribution in [0.25, 0.3) is 0 Å². The summed E-state index contributed by atoms with van der Waals surface area (Å²) in [4.78, 5) is 33.8. The van der Waals surface area contributed by atoms with Crippen LogP contribution in [0, 0.1) is 0 Å². The molecule has 0 fully saturated rings.